The molecule has 2 atom stereocenters. The smallest absolute Gasteiger partial charge is 0.421 e. The van der Waals surface area contributed by atoms with E-state index in [1.807, 2.05) is 25.1 Å². The van der Waals surface area contributed by atoms with E-state index in [1.54, 1.807) is 27.7 Å². The molecule has 1 aliphatic rings. The van der Waals surface area contributed by atoms with Crippen molar-refractivity contribution >= 4 is 23.0 Å². The highest BCUT2D eigenvalue weighted by Gasteiger charge is 2.46. The Bertz CT molecular complexity index is 938. The van der Waals surface area contributed by atoms with Gasteiger partial charge in [0, 0.05) is 31.4 Å². The minimum Gasteiger partial charge on any atom is -0.469 e. The van der Waals surface area contributed by atoms with E-state index in [-0.39, 0.29) is 12.3 Å². The van der Waals surface area contributed by atoms with Gasteiger partial charge in [-0.2, -0.15) is 0 Å². The summed E-state index contributed by atoms with van der Waals surface area (Å²) in [6.07, 6.45) is -0.309. The number of esters is 1. The van der Waals surface area contributed by atoms with Crippen LogP contribution in [0.5, 0.6) is 5.88 Å². The summed E-state index contributed by atoms with van der Waals surface area (Å²) in [6, 6.07) is 5.66. The molecule has 0 saturated heterocycles. The van der Waals surface area contributed by atoms with Crippen LogP contribution in [0.4, 0.5) is 4.79 Å². The molecule has 28 heavy (non-hydrogen) atoms. The zero-order valence-electron chi connectivity index (χ0n) is 17.4. The van der Waals surface area contributed by atoms with E-state index in [2.05, 4.69) is 0 Å². The van der Waals surface area contributed by atoms with Crippen LogP contribution in [-0.2, 0) is 19.0 Å². The fourth-order valence-electron chi connectivity index (χ4n) is 3.52. The highest BCUT2D eigenvalue weighted by atomic mass is 16.7. The number of benzene rings is 1. The van der Waals surface area contributed by atoms with Gasteiger partial charge in [0.25, 0.3) is 0 Å². The SMILES string of the molecule is COC(=O)[C@@H]1C[C@](C)(OC)Oc2c1c1cc(C)ccc1n2C(=O)OC(C)(C)C. The molecule has 7 nitrogen and oxygen atoms in total. The highest BCUT2D eigenvalue weighted by Crippen LogP contribution is 2.47. The van der Waals surface area contributed by atoms with Gasteiger partial charge in [-0.3, -0.25) is 4.79 Å². The lowest BCUT2D eigenvalue weighted by Gasteiger charge is -2.36. The van der Waals surface area contributed by atoms with Gasteiger partial charge in [0.1, 0.15) is 5.60 Å². The molecule has 1 aliphatic heterocycles. The first-order valence-electron chi connectivity index (χ1n) is 9.20. The minimum absolute atomic E-state index is 0.251. The normalized spacial score (nSPS) is 21.8. The molecule has 0 aliphatic carbocycles. The van der Waals surface area contributed by atoms with E-state index < -0.39 is 29.4 Å². The number of carbonyl (C=O) groups excluding carboxylic acids is 2. The minimum atomic E-state index is -1.09. The van der Waals surface area contributed by atoms with Gasteiger partial charge >= 0.3 is 12.1 Å². The van der Waals surface area contributed by atoms with Crippen LogP contribution < -0.4 is 4.74 Å². The Labute approximate surface area is 164 Å². The number of aromatic nitrogens is 1. The van der Waals surface area contributed by atoms with Gasteiger partial charge in [-0.15, -0.1) is 0 Å². The van der Waals surface area contributed by atoms with Crippen molar-refractivity contribution in [3.05, 3.63) is 29.3 Å². The average Bonchev–Trinajstić information content (AvgIpc) is 2.91. The third-order valence-corrected chi connectivity index (χ3v) is 4.85. The molecule has 0 unspecified atom stereocenters. The lowest BCUT2D eigenvalue weighted by molar-refractivity contribution is -0.177. The second-order valence-electron chi connectivity index (χ2n) is 8.28. The summed E-state index contributed by atoms with van der Waals surface area (Å²) in [5, 5.41) is 0.759. The van der Waals surface area contributed by atoms with E-state index in [0.717, 1.165) is 10.9 Å². The molecule has 0 saturated carbocycles. The molecular formula is C21H27NO6. The van der Waals surface area contributed by atoms with Gasteiger partial charge in [0.05, 0.1) is 18.5 Å². The van der Waals surface area contributed by atoms with Crippen LogP contribution in [-0.4, -0.2) is 42.2 Å². The van der Waals surface area contributed by atoms with Gasteiger partial charge in [0.2, 0.25) is 11.7 Å². The lowest BCUT2D eigenvalue weighted by Crippen LogP contribution is -2.42. The molecule has 2 aromatic rings. The molecule has 1 aromatic carbocycles. The van der Waals surface area contributed by atoms with E-state index in [1.165, 1.54) is 18.8 Å². The van der Waals surface area contributed by atoms with Crippen molar-refractivity contribution in [1.29, 1.82) is 0 Å². The molecule has 0 spiro atoms. The van der Waals surface area contributed by atoms with Gasteiger partial charge in [-0.05, 0) is 39.8 Å². The van der Waals surface area contributed by atoms with Crippen LogP contribution in [0.2, 0.25) is 0 Å². The molecule has 3 rings (SSSR count). The largest absolute Gasteiger partial charge is 0.469 e. The molecule has 7 heteroatoms. The number of carbonyl (C=O) groups is 2. The third-order valence-electron chi connectivity index (χ3n) is 4.85. The van der Waals surface area contributed by atoms with Gasteiger partial charge < -0.3 is 18.9 Å². The Hall–Kier alpha value is -2.54. The highest BCUT2D eigenvalue weighted by molar-refractivity contribution is 5.99. The topological polar surface area (TPSA) is 76.0 Å². The molecule has 0 N–H and O–H groups in total. The number of ether oxygens (including phenoxy) is 4. The molecule has 0 fully saturated rings. The summed E-state index contributed by atoms with van der Waals surface area (Å²) in [5.41, 5.74) is 1.54. The molecule has 0 bridgehead atoms. The number of hydrogen-bond donors (Lipinski definition) is 0. The number of aryl methyl sites for hydroxylation is 1. The Morgan fingerprint density at radius 2 is 1.93 bits per heavy atom. The van der Waals surface area contributed by atoms with Crippen molar-refractivity contribution in [2.45, 2.75) is 58.3 Å². The predicted octanol–water partition coefficient (Wildman–Crippen LogP) is 4.13. The maximum Gasteiger partial charge on any atom is 0.421 e. The number of fused-ring (bicyclic) bond motifs is 3. The van der Waals surface area contributed by atoms with Crippen LogP contribution in [0, 0.1) is 6.92 Å². The quantitative estimate of drug-likeness (QED) is 0.719. The maximum absolute atomic E-state index is 13.0. The summed E-state index contributed by atoms with van der Waals surface area (Å²) in [4.78, 5) is 25.7. The number of methoxy groups -OCH3 is 2. The Morgan fingerprint density at radius 3 is 2.50 bits per heavy atom. The lowest BCUT2D eigenvalue weighted by atomic mass is 9.88. The van der Waals surface area contributed by atoms with Crippen molar-refractivity contribution < 1.29 is 28.5 Å². The van der Waals surface area contributed by atoms with E-state index in [9.17, 15) is 9.59 Å². The van der Waals surface area contributed by atoms with Crippen molar-refractivity contribution in [2.24, 2.45) is 0 Å². The fraction of sp³-hybridized carbons (Fsp3) is 0.524. The second kappa shape index (κ2) is 6.81. The van der Waals surface area contributed by atoms with Crippen LogP contribution in [0.3, 0.4) is 0 Å². The number of hydrogen-bond acceptors (Lipinski definition) is 6. The summed E-state index contributed by atoms with van der Waals surface area (Å²) < 4.78 is 23.7. The number of rotatable bonds is 2. The van der Waals surface area contributed by atoms with Crippen LogP contribution >= 0.6 is 0 Å². The monoisotopic (exact) mass is 389 g/mol. The summed E-state index contributed by atoms with van der Waals surface area (Å²) in [7, 11) is 2.85. The standard InChI is InChI=1S/C21H27NO6/c1-12-8-9-15-13(10-12)16-14(18(23)25-6)11-21(5,26-7)27-17(16)22(15)19(24)28-20(2,3)4/h8-10,14H,11H2,1-7H3/t14-,21-/m1/s1. The first-order chi connectivity index (χ1) is 13.0. The summed E-state index contributed by atoms with van der Waals surface area (Å²) in [5.74, 6) is -1.88. The van der Waals surface area contributed by atoms with E-state index in [4.69, 9.17) is 18.9 Å². The third kappa shape index (κ3) is 3.46. The second-order valence-corrected chi connectivity index (χ2v) is 8.28. The summed E-state index contributed by atoms with van der Waals surface area (Å²) >= 11 is 0. The van der Waals surface area contributed by atoms with Crippen LogP contribution in [0.1, 0.15) is 51.2 Å². The van der Waals surface area contributed by atoms with Crippen molar-refractivity contribution in [3.63, 3.8) is 0 Å². The molecule has 0 amide bonds. The van der Waals surface area contributed by atoms with Gasteiger partial charge in [0.15, 0.2) is 0 Å². The van der Waals surface area contributed by atoms with Crippen LogP contribution in [0.25, 0.3) is 10.9 Å². The molecule has 2 heterocycles. The fourth-order valence-corrected chi connectivity index (χ4v) is 3.52. The van der Waals surface area contributed by atoms with Gasteiger partial charge in [-0.25, -0.2) is 9.36 Å². The van der Waals surface area contributed by atoms with Crippen LogP contribution in [0.15, 0.2) is 18.2 Å². The number of nitrogens with zero attached hydrogens (tertiary/aromatic N) is 1. The van der Waals surface area contributed by atoms with E-state index >= 15 is 0 Å². The molecule has 1 aromatic heterocycles. The average molecular weight is 389 g/mol. The van der Waals surface area contributed by atoms with Gasteiger partial charge in [-0.1, -0.05) is 11.6 Å². The Morgan fingerprint density at radius 1 is 1.25 bits per heavy atom. The van der Waals surface area contributed by atoms with E-state index in [0.29, 0.717) is 11.1 Å². The maximum atomic E-state index is 13.0. The first kappa shape index (κ1) is 20.2. The first-order valence-corrected chi connectivity index (χ1v) is 9.20. The molecule has 0 radical (unpaired) electrons. The summed E-state index contributed by atoms with van der Waals surface area (Å²) in [6.45, 7) is 9.07. The van der Waals surface area contributed by atoms with Crippen molar-refractivity contribution in [3.8, 4) is 5.88 Å². The molecular weight excluding hydrogens is 362 g/mol. The molecule has 152 valence electrons. The zero-order valence-corrected chi connectivity index (χ0v) is 17.4. The Kier molecular flexibility index (Phi) is 4.91. The predicted molar refractivity (Wildman–Crippen MR) is 104 cm³/mol. The van der Waals surface area contributed by atoms with Crippen molar-refractivity contribution in [1.82, 2.24) is 4.57 Å². The zero-order chi connectivity index (χ0) is 20.9. The Balaban J connectivity index is 2.32. The van der Waals surface area contributed by atoms with Crippen molar-refractivity contribution in [2.75, 3.05) is 14.2 Å².